The Morgan fingerprint density at radius 2 is 2.00 bits per heavy atom. The summed E-state index contributed by atoms with van der Waals surface area (Å²) in [5.74, 6) is 0.662. The SMILES string of the molecule is CCNC(=NCc1cccc(C(=O)NC)c1)NCCc1ccccn1.I. The molecule has 0 radical (unpaired) electrons. The van der Waals surface area contributed by atoms with Crippen LogP contribution in [0.15, 0.2) is 53.7 Å². The molecule has 0 aliphatic carbocycles. The van der Waals surface area contributed by atoms with E-state index in [-0.39, 0.29) is 29.9 Å². The molecule has 1 aromatic carbocycles. The quantitative estimate of drug-likeness (QED) is 0.332. The first-order valence-corrected chi connectivity index (χ1v) is 8.46. The third-order valence-corrected chi connectivity index (χ3v) is 3.58. The zero-order valence-corrected chi connectivity index (χ0v) is 17.5. The minimum atomic E-state index is -0.0915. The molecule has 0 unspecified atom stereocenters. The van der Waals surface area contributed by atoms with Gasteiger partial charge >= 0.3 is 0 Å². The van der Waals surface area contributed by atoms with Crippen LogP contribution < -0.4 is 16.0 Å². The third kappa shape index (κ3) is 7.38. The van der Waals surface area contributed by atoms with Crippen LogP contribution in [0.25, 0.3) is 0 Å². The van der Waals surface area contributed by atoms with E-state index in [4.69, 9.17) is 0 Å². The molecule has 1 heterocycles. The molecule has 0 saturated heterocycles. The minimum absolute atomic E-state index is 0. The summed E-state index contributed by atoms with van der Waals surface area (Å²) in [6.07, 6.45) is 2.63. The largest absolute Gasteiger partial charge is 0.357 e. The molecule has 2 aromatic rings. The average Bonchev–Trinajstić information content (AvgIpc) is 2.66. The van der Waals surface area contributed by atoms with Crippen LogP contribution >= 0.6 is 24.0 Å². The number of halogens is 1. The van der Waals surface area contributed by atoms with Gasteiger partial charge in [0.05, 0.1) is 6.54 Å². The van der Waals surface area contributed by atoms with Crippen molar-refractivity contribution in [3.05, 3.63) is 65.5 Å². The van der Waals surface area contributed by atoms with Gasteiger partial charge in [0.25, 0.3) is 5.91 Å². The number of pyridine rings is 1. The van der Waals surface area contributed by atoms with Crippen LogP contribution in [0, 0.1) is 0 Å². The van der Waals surface area contributed by atoms with Crippen LogP contribution in [-0.2, 0) is 13.0 Å². The molecular formula is C19H26IN5O. The van der Waals surface area contributed by atoms with Gasteiger partial charge in [-0.15, -0.1) is 24.0 Å². The van der Waals surface area contributed by atoms with E-state index >= 15 is 0 Å². The first-order valence-electron chi connectivity index (χ1n) is 8.46. The van der Waals surface area contributed by atoms with Crippen LogP contribution in [-0.4, -0.2) is 37.0 Å². The normalized spacial score (nSPS) is 10.6. The molecule has 2 rings (SSSR count). The van der Waals surface area contributed by atoms with E-state index < -0.39 is 0 Å². The van der Waals surface area contributed by atoms with E-state index in [9.17, 15) is 4.79 Å². The fourth-order valence-corrected chi connectivity index (χ4v) is 2.32. The molecule has 0 saturated carbocycles. The van der Waals surface area contributed by atoms with Gasteiger partial charge in [0.2, 0.25) is 0 Å². The maximum absolute atomic E-state index is 11.7. The molecular weight excluding hydrogens is 441 g/mol. The zero-order chi connectivity index (χ0) is 17.9. The van der Waals surface area contributed by atoms with Gasteiger partial charge in [-0.2, -0.15) is 0 Å². The van der Waals surface area contributed by atoms with Crippen molar-refractivity contribution in [2.75, 3.05) is 20.1 Å². The van der Waals surface area contributed by atoms with Crippen LogP contribution in [0.1, 0.15) is 28.5 Å². The molecule has 0 spiro atoms. The fraction of sp³-hybridized carbons (Fsp3) is 0.316. The molecule has 1 aromatic heterocycles. The first kappa shape index (κ1) is 21.9. The fourth-order valence-electron chi connectivity index (χ4n) is 2.32. The lowest BCUT2D eigenvalue weighted by molar-refractivity contribution is 0.0963. The van der Waals surface area contributed by atoms with Gasteiger partial charge in [-0.25, -0.2) is 4.99 Å². The number of guanidine groups is 1. The van der Waals surface area contributed by atoms with Crippen molar-refractivity contribution in [2.24, 2.45) is 4.99 Å². The lowest BCUT2D eigenvalue weighted by Crippen LogP contribution is -2.38. The van der Waals surface area contributed by atoms with Gasteiger partial charge in [-0.3, -0.25) is 9.78 Å². The minimum Gasteiger partial charge on any atom is -0.357 e. The smallest absolute Gasteiger partial charge is 0.251 e. The molecule has 0 fully saturated rings. The van der Waals surface area contributed by atoms with Gasteiger partial charge in [-0.1, -0.05) is 18.2 Å². The van der Waals surface area contributed by atoms with Gasteiger partial charge in [0.1, 0.15) is 0 Å². The number of carbonyl (C=O) groups excluding carboxylic acids is 1. The van der Waals surface area contributed by atoms with Crippen molar-refractivity contribution in [1.82, 2.24) is 20.9 Å². The number of carbonyl (C=O) groups is 1. The van der Waals surface area contributed by atoms with Crippen LogP contribution in [0.4, 0.5) is 0 Å². The molecule has 0 aliphatic heterocycles. The Kier molecular flexibility index (Phi) is 10.3. The van der Waals surface area contributed by atoms with Crippen molar-refractivity contribution in [3.63, 3.8) is 0 Å². The van der Waals surface area contributed by atoms with Crippen LogP contribution in [0.2, 0.25) is 0 Å². The number of nitrogens with one attached hydrogen (secondary N) is 3. The van der Waals surface area contributed by atoms with E-state index in [0.29, 0.717) is 12.1 Å². The van der Waals surface area contributed by atoms with E-state index in [0.717, 1.165) is 36.7 Å². The summed E-state index contributed by atoms with van der Waals surface area (Å²) < 4.78 is 0. The number of nitrogens with zero attached hydrogens (tertiary/aromatic N) is 2. The zero-order valence-electron chi connectivity index (χ0n) is 15.2. The van der Waals surface area contributed by atoms with Crippen molar-refractivity contribution in [2.45, 2.75) is 19.9 Å². The second-order valence-corrected chi connectivity index (χ2v) is 5.47. The predicted octanol–water partition coefficient (Wildman–Crippen LogP) is 2.36. The topological polar surface area (TPSA) is 78.4 Å². The molecule has 6 nitrogen and oxygen atoms in total. The van der Waals surface area contributed by atoms with E-state index in [1.54, 1.807) is 19.3 Å². The number of hydrogen-bond acceptors (Lipinski definition) is 3. The molecule has 3 N–H and O–H groups in total. The maximum Gasteiger partial charge on any atom is 0.251 e. The van der Waals surface area contributed by atoms with Crippen molar-refractivity contribution >= 4 is 35.8 Å². The molecule has 0 atom stereocenters. The summed E-state index contributed by atoms with van der Waals surface area (Å²) in [7, 11) is 1.63. The number of benzene rings is 1. The number of amides is 1. The highest BCUT2D eigenvalue weighted by molar-refractivity contribution is 14.0. The summed E-state index contributed by atoms with van der Waals surface area (Å²) in [6.45, 7) is 4.07. The highest BCUT2D eigenvalue weighted by atomic mass is 127. The predicted molar refractivity (Wildman–Crippen MR) is 116 cm³/mol. The van der Waals surface area contributed by atoms with Crippen molar-refractivity contribution in [1.29, 1.82) is 0 Å². The standard InChI is InChI=1S/C19H25N5O.HI/c1-3-21-19(23-12-10-17-9-4-5-11-22-17)24-14-15-7-6-8-16(13-15)18(25)20-2;/h4-9,11,13H,3,10,12,14H2,1-2H3,(H,20,25)(H2,21,23,24);1H. The molecule has 1 amide bonds. The highest BCUT2D eigenvalue weighted by Crippen LogP contribution is 2.06. The molecule has 7 heteroatoms. The van der Waals surface area contributed by atoms with Gasteiger partial charge in [-0.05, 0) is 36.8 Å². The highest BCUT2D eigenvalue weighted by Gasteiger charge is 2.04. The Bertz CT molecular complexity index is 706. The summed E-state index contributed by atoms with van der Waals surface area (Å²) >= 11 is 0. The van der Waals surface area contributed by atoms with E-state index in [1.807, 2.05) is 43.3 Å². The Hall–Kier alpha value is -2.16. The summed E-state index contributed by atoms with van der Waals surface area (Å²) in [5, 5.41) is 9.17. The molecule has 0 aliphatic rings. The van der Waals surface area contributed by atoms with Gasteiger partial charge < -0.3 is 16.0 Å². The molecule has 140 valence electrons. The number of aromatic nitrogens is 1. The Balaban J connectivity index is 0.00000338. The lowest BCUT2D eigenvalue weighted by atomic mass is 10.1. The van der Waals surface area contributed by atoms with E-state index in [2.05, 4.69) is 25.9 Å². The Labute approximate surface area is 171 Å². The number of rotatable bonds is 7. The Morgan fingerprint density at radius 1 is 1.15 bits per heavy atom. The second-order valence-electron chi connectivity index (χ2n) is 5.47. The van der Waals surface area contributed by atoms with E-state index in [1.165, 1.54) is 0 Å². The average molecular weight is 467 g/mol. The van der Waals surface area contributed by atoms with Gasteiger partial charge in [0, 0.05) is 44.0 Å². The maximum atomic E-state index is 11.7. The molecule has 26 heavy (non-hydrogen) atoms. The van der Waals surface area contributed by atoms with Crippen LogP contribution in [0.3, 0.4) is 0 Å². The number of aliphatic imine (C=N–C) groups is 1. The monoisotopic (exact) mass is 467 g/mol. The van der Waals surface area contributed by atoms with Gasteiger partial charge in [0.15, 0.2) is 5.96 Å². The lowest BCUT2D eigenvalue weighted by Gasteiger charge is -2.11. The molecule has 0 bridgehead atoms. The van der Waals surface area contributed by atoms with Crippen molar-refractivity contribution < 1.29 is 4.79 Å². The Morgan fingerprint density at radius 3 is 2.69 bits per heavy atom. The summed E-state index contributed by atoms with van der Waals surface area (Å²) in [4.78, 5) is 20.6. The summed E-state index contributed by atoms with van der Waals surface area (Å²) in [6, 6.07) is 13.4. The number of hydrogen-bond donors (Lipinski definition) is 3. The first-order chi connectivity index (χ1) is 12.2. The second kappa shape index (κ2) is 12.2. The summed E-state index contributed by atoms with van der Waals surface area (Å²) in [5.41, 5.74) is 2.68. The van der Waals surface area contributed by atoms with Crippen molar-refractivity contribution in [3.8, 4) is 0 Å². The van der Waals surface area contributed by atoms with Crippen LogP contribution in [0.5, 0.6) is 0 Å². The third-order valence-electron chi connectivity index (χ3n) is 3.58.